The Kier molecular flexibility index (Phi) is 3.36. The first kappa shape index (κ1) is 12.0. The van der Waals surface area contributed by atoms with Crippen molar-refractivity contribution in [2.45, 2.75) is 38.6 Å². The van der Waals surface area contributed by atoms with Crippen molar-refractivity contribution in [3.05, 3.63) is 11.8 Å². The molecule has 0 unspecified atom stereocenters. The molecule has 1 aromatic rings. The van der Waals surface area contributed by atoms with Gasteiger partial charge in [0.15, 0.2) is 0 Å². The van der Waals surface area contributed by atoms with Crippen molar-refractivity contribution in [2.75, 3.05) is 12.3 Å². The summed E-state index contributed by atoms with van der Waals surface area (Å²) in [6.07, 6.45) is 5.95. The highest BCUT2D eigenvalue weighted by atomic mass is 16.2. The smallest absolute Gasteiger partial charge is 0.259 e. The van der Waals surface area contributed by atoms with Crippen molar-refractivity contribution in [3.63, 3.8) is 0 Å². The number of rotatable bonds is 5. The van der Waals surface area contributed by atoms with E-state index in [2.05, 4.69) is 12.0 Å². The highest BCUT2D eigenvalue weighted by molar-refractivity contribution is 5.98. The van der Waals surface area contributed by atoms with Gasteiger partial charge in [-0.05, 0) is 19.3 Å². The zero-order valence-electron chi connectivity index (χ0n) is 10.5. The van der Waals surface area contributed by atoms with Gasteiger partial charge in [-0.25, -0.2) is 0 Å². The molecule has 1 heterocycles. The van der Waals surface area contributed by atoms with E-state index >= 15 is 0 Å². The summed E-state index contributed by atoms with van der Waals surface area (Å²) in [5.41, 5.74) is 6.38. The molecule has 0 aromatic carbocycles. The van der Waals surface area contributed by atoms with Gasteiger partial charge in [-0.15, -0.1) is 0 Å². The van der Waals surface area contributed by atoms with Crippen molar-refractivity contribution in [1.29, 1.82) is 0 Å². The number of nitrogen functional groups attached to an aromatic ring is 1. The number of hydrogen-bond donors (Lipinski definition) is 1. The number of carbonyl (C=O) groups excluding carboxylic acids is 1. The zero-order chi connectivity index (χ0) is 12.4. The summed E-state index contributed by atoms with van der Waals surface area (Å²) < 4.78 is 1.54. The molecule has 0 atom stereocenters. The lowest BCUT2D eigenvalue weighted by Crippen LogP contribution is -2.34. The third-order valence-electron chi connectivity index (χ3n) is 3.22. The van der Waals surface area contributed by atoms with Crippen LogP contribution in [0, 0.1) is 0 Å². The fourth-order valence-electron chi connectivity index (χ4n) is 1.93. The number of nitrogens with zero attached hydrogens (tertiary/aromatic N) is 3. The summed E-state index contributed by atoms with van der Waals surface area (Å²) in [6, 6.07) is 0.425. The van der Waals surface area contributed by atoms with Gasteiger partial charge in [-0.1, -0.05) is 13.3 Å². The van der Waals surface area contributed by atoms with Crippen LogP contribution in [0.15, 0.2) is 6.20 Å². The number of unbranched alkanes of at least 4 members (excludes halogenated alkanes) is 1. The normalized spacial score (nSPS) is 14.9. The predicted molar refractivity (Wildman–Crippen MR) is 66.6 cm³/mol. The van der Waals surface area contributed by atoms with Gasteiger partial charge < -0.3 is 10.6 Å². The van der Waals surface area contributed by atoms with Crippen molar-refractivity contribution in [3.8, 4) is 0 Å². The molecule has 1 aromatic heterocycles. The van der Waals surface area contributed by atoms with E-state index in [0.717, 1.165) is 32.2 Å². The van der Waals surface area contributed by atoms with Crippen LogP contribution in [0.1, 0.15) is 43.0 Å². The molecule has 17 heavy (non-hydrogen) atoms. The Bertz CT molecular complexity index is 409. The van der Waals surface area contributed by atoms with Crippen molar-refractivity contribution < 1.29 is 4.79 Å². The maximum Gasteiger partial charge on any atom is 0.259 e. The molecule has 0 bridgehead atoms. The van der Waals surface area contributed by atoms with Gasteiger partial charge in [0.25, 0.3) is 5.91 Å². The van der Waals surface area contributed by atoms with Crippen molar-refractivity contribution in [2.24, 2.45) is 7.05 Å². The highest BCUT2D eigenvalue weighted by Crippen LogP contribution is 2.29. The first-order valence-corrected chi connectivity index (χ1v) is 6.23. The SMILES string of the molecule is CCCCN(C(=O)c1cnn(C)c1N)C1CC1. The second kappa shape index (κ2) is 4.77. The van der Waals surface area contributed by atoms with Crippen LogP contribution in [0.5, 0.6) is 0 Å². The molecule has 0 aliphatic heterocycles. The van der Waals surface area contributed by atoms with E-state index in [9.17, 15) is 4.79 Å². The number of nitrogens with two attached hydrogens (primary N) is 1. The average Bonchev–Trinajstić information content (AvgIpc) is 3.08. The fraction of sp³-hybridized carbons (Fsp3) is 0.667. The van der Waals surface area contributed by atoms with Gasteiger partial charge in [0.05, 0.1) is 6.20 Å². The van der Waals surface area contributed by atoms with E-state index in [-0.39, 0.29) is 5.91 Å². The first-order valence-electron chi connectivity index (χ1n) is 6.23. The van der Waals surface area contributed by atoms with Gasteiger partial charge in [0.2, 0.25) is 0 Å². The van der Waals surface area contributed by atoms with Crippen LogP contribution in [0.4, 0.5) is 5.82 Å². The number of aromatic nitrogens is 2. The number of hydrogen-bond acceptors (Lipinski definition) is 3. The Labute approximate surface area is 102 Å². The summed E-state index contributed by atoms with van der Waals surface area (Å²) in [5.74, 6) is 0.490. The van der Waals surface area contributed by atoms with Crippen LogP contribution < -0.4 is 5.73 Å². The molecule has 1 saturated carbocycles. The van der Waals surface area contributed by atoms with E-state index in [0.29, 0.717) is 17.4 Å². The Balaban J connectivity index is 2.13. The lowest BCUT2D eigenvalue weighted by Gasteiger charge is -2.21. The van der Waals surface area contributed by atoms with Gasteiger partial charge in [0.1, 0.15) is 11.4 Å². The average molecular weight is 236 g/mol. The lowest BCUT2D eigenvalue weighted by molar-refractivity contribution is 0.0742. The molecule has 0 saturated heterocycles. The topological polar surface area (TPSA) is 64.2 Å². The summed E-state index contributed by atoms with van der Waals surface area (Å²) in [5, 5.41) is 4.02. The second-order valence-corrected chi connectivity index (χ2v) is 4.65. The van der Waals surface area contributed by atoms with Gasteiger partial charge in [0, 0.05) is 19.6 Å². The lowest BCUT2D eigenvalue weighted by atomic mass is 10.2. The van der Waals surface area contributed by atoms with E-state index in [1.807, 2.05) is 4.90 Å². The van der Waals surface area contributed by atoms with Gasteiger partial charge >= 0.3 is 0 Å². The number of carbonyl (C=O) groups is 1. The molecular formula is C12H20N4O. The van der Waals surface area contributed by atoms with E-state index < -0.39 is 0 Å². The van der Waals surface area contributed by atoms with Crippen LogP contribution >= 0.6 is 0 Å². The molecule has 2 rings (SSSR count). The molecular weight excluding hydrogens is 216 g/mol. The summed E-state index contributed by atoms with van der Waals surface area (Å²) >= 11 is 0. The number of anilines is 1. The molecule has 1 amide bonds. The molecule has 0 spiro atoms. The standard InChI is InChI=1S/C12H20N4O/c1-3-4-7-16(9-5-6-9)12(17)10-8-14-15(2)11(10)13/h8-9H,3-7,13H2,1-2H3. The maximum atomic E-state index is 12.4. The Morgan fingerprint density at radius 2 is 2.35 bits per heavy atom. The van der Waals surface area contributed by atoms with Gasteiger partial charge in [-0.3, -0.25) is 9.48 Å². The van der Waals surface area contributed by atoms with E-state index in [4.69, 9.17) is 5.73 Å². The van der Waals surface area contributed by atoms with Gasteiger partial charge in [-0.2, -0.15) is 5.10 Å². The second-order valence-electron chi connectivity index (χ2n) is 4.65. The Morgan fingerprint density at radius 1 is 1.65 bits per heavy atom. The quantitative estimate of drug-likeness (QED) is 0.840. The van der Waals surface area contributed by atoms with Crippen LogP contribution in [0.3, 0.4) is 0 Å². The van der Waals surface area contributed by atoms with E-state index in [1.54, 1.807) is 13.2 Å². The fourth-order valence-corrected chi connectivity index (χ4v) is 1.93. The number of aryl methyl sites for hydroxylation is 1. The Morgan fingerprint density at radius 3 is 2.82 bits per heavy atom. The number of amides is 1. The molecule has 1 aliphatic rings. The van der Waals surface area contributed by atoms with Crippen LogP contribution in [0.25, 0.3) is 0 Å². The molecule has 5 heteroatoms. The summed E-state index contributed by atoms with van der Waals surface area (Å²) in [7, 11) is 1.75. The molecule has 2 N–H and O–H groups in total. The first-order chi connectivity index (χ1) is 8.15. The van der Waals surface area contributed by atoms with Crippen molar-refractivity contribution in [1.82, 2.24) is 14.7 Å². The predicted octanol–water partition coefficient (Wildman–Crippen LogP) is 1.41. The molecule has 1 fully saturated rings. The largest absolute Gasteiger partial charge is 0.383 e. The minimum Gasteiger partial charge on any atom is -0.383 e. The zero-order valence-corrected chi connectivity index (χ0v) is 10.5. The third-order valence-corrected chi connectivity index (χ3v) is 3.22. The molecule has 94 valence electrons. The summed E-state index contributed by atoms with van der Waals surface area (Å²) in [4.78, 5) is 14.3. The molecule has 1 aliphatic carbocycles. The maximum absolute atomic E-state index is 12.4. The minimum atomic E-state index is 0.0338. The van der Waals surface area contributed by atoms with Crippen LogP contribution in [-0.2, 0) is 7.05 Å². The summed E-state index contributed by atoms with van der Waals surface area (Å²) in [6.45, 7) is 2.96. The molecule has 0 radical (unpaired) electrons. The van der Waals surface area contributed by atoms with Crippen LogP contribution in [0.2, 0.25) is 0 Å². The van der Waals surface area contributed by atoms with Crippen molar-refractivity contribution >= 4 is 11.7 Å². The minimum absolute atomic E-state index is 0.0338. The third kappa shape index (κ3) is 2.43. The van der Waals surface area contributed by atoms with Crippen LogP contribution in [-0.4, -0.2) is 33.2 Å². The van der Waals surface area contributed by atoms with E-state index in [1.165, 1.54) is 4.68 Å². The monoisotopic (exact) mass is 236 g/mol. The Hall–Kier alpha value is -1.52. The molecule has 5 nitrogen and oxygen atoms in total. The highest BCUT2D eigenvalue weighted by Gasteiger charge is 2.33.